The maximum atomic E-state index is 5.54. The third-order valence-electron chi connectivity index (χ3n) is 1.92. The van der Waals surface area contributed by atoms with E-state index in [1.54, 1.807) is 0 Å². The van der Waals surface area contributed by atoms with Gasteiger partial charge in [0.05, 0.1) is 0 Å². The van der Waals surface area contributed by atoms with Crippen LogP contribution in [-0.2, 0) is 0 Å². The van der Waals surface area contributed by atoms with Gasteiger partial charge in [0.15, 0.2) is 0 Å². The minimum atomic E-state index is 0.605. The first kappa shape index (κ1) is 11.7. The van der Waals surface area contributed by atoms with Crippen molar-refractivity contribution in [2.75, 3.05) is 11.6 Å². The number of allylic oxidation sites excluding steroid dienone is 1. The average molecular weight is 227 g/mol. The molecule has 1 aromatic rings. The highest BCUT2D eigenvalue weighted by molar-refractivity contribution is 7.99. The molecule has 76 valence electrons. The smallest absolute Gasteiger partial charge is 0.0404 e. The molecule has 0 saturated heterocycles. The Balaban J connectivity index is 2.55. The van der Waals surface area contributed by atoms with Crippen LogP contribution >= 0.6 is 23.4 Å². The maximum Gasteiger partial charge on any atom is 0.0404 e. The van der Waals surface area contributed by atoms with Crippen LogP contribution in [0.2, 0.25) is 0 Å². The summed E-state index contributed by atoms with van der Waals surface area (Å²) in [4.78, 5) is 1.36. The fourth-order valence-electron chi connectivity index (χ4n) is 1.23. The molecule has 0 radical (unpaired) electrons. The molecule has 14 heavy (non-hydrogen) atoms. The molecular formula is C12H15ClS. The van der Waals surface area contributed by atoms with E-state index in [0.29, 0.717) is 5.88 Å². The first-order valence-corrected chi connectivity index (χ1v) is 6.17. The van der Waals surface area contributed by atoms with Gasteiger partial charge in [0.2, 0.25) is 0 Å². The molecule has 0 bridgehead atoms. The molecule has 0 aromatic heterocycles. The van der Waals surface area contributed by atoms with Crippen molar-refractivity contribution in [3.05, 3.63) is 41.5 Å². The van der Waals surface area contributed by atoms with E-state index in [1.807, 2.05) is 17.8 Å². The monoisotopic (exact) mass is 226 g/mol. The zero-order chi connectivity index (χ0) is 10.4. The number of benzene rings is 1. The standard InChI is InChI=1S/C12H15ClS/c1-10-5-6-12(11(2)9-10)14-8-4-3-7-13/h3-6,9H,7-8H2,1-2H3. The van der Waals surface area contributed by atoms with Gasteiger partial charge in [-0.25, -0.2) is 0 Å². The molecule has 0 aliphatic heterocycles. The molecule has 0 nitrogen and oxygen atoms in total. The van der Waals surface area contributed by atoms with Crippen LogP contribution in [0, 0.1) is 13.8 Å². The second-order valence-electron chi connectivity index (χ2n) is 3.21. The molecule has 0 saturated carbocycles. The molecule has 0 fully saturated rings. The molecule has 2 heteroatoms. The van der Waals surface area contributed by atoms with Gasteiger partial charge in [0.1, 0.15) is 0 Å². The molecule has 0 aliphatic rings. The van der Waals surface area contributed by atoms with Crippen LogP contribution in [0.25, 0.3) is 0 Å². The molecule has 1 rings (SSSR count). The van der Waals surface area contributed by atoms with Crippen LogP contribution in [0.3, 0.4) is 0 Å². The van der Waals surface area contributed by atoms with Crippen molar-refractivity contribution < 1.29 is 0 Å². The molecule has 0 spiro atoms. The molecule has 0 unspecified atom stereocenters. The van der Waals surface area contributed by atoms with Crippen molar-refractivity contribution in [2.45, 2.75) is 18.7 Å². The van der Waals surface area contributed by atoms with Gasteiger partial charge in [-0.3, -0.25) is 0 Å². The highest BCUT2D eigenvalue weighted by atomic mass is 35.5. The summed E-state index contributed by atoms with van der Waals surface area (Å²) in [5.74, 6) is 1.60. The molecule has 0 heterocycles. The van der Waals surface area contributed by atoms with E-state index in [0.717, 1.165) is 5.75 Å². The molecule has 0 aliphatic carbocycles. The van der Waals surface area contributed by atoms with Crippen LogP contribution < -0.4 is 0 Å². The largest absolute Gasteiger partial charge is 0.122 e. The fraction of sp³-hybridized carbons (Fsp3) is 0.333. The van der Waals surface area contributed by atoms with E-state index in [1.165, 1.54) is 16.0 Å². The lowest BCUT2D eigenvalue weighted by Gasteiger charge is -2.04. The normalized spacial score (nSPS) is 11.1. The zero-order valence-electron chi connectivity index (χ0n) is 8.59. The highest BCUT2D eigenvalue weighted by Gasteiger charge is 1.97. The number of hydrogen-bond donors (Lipinski definition) is 0. The SMILES string of the molecule is Cc1ccc(SCC=CCCl)c(C)c1. The van der Waals surface area contributed by atoms with Gasteiger partial charge in [-0.1, -0.05) is 29.8 Å². The summed E-state index contributed by atoms with van der Waals surface area (Å²) in [5.41, 5.74) is 2.68. The first-order chi connectivity index (χ1) is 6.74. The summed E-state index contributed by atoms with van der Waals surface area (Å²) in [6.07, 6.45) is 4.09. The van der Waals surface area contributed by atoms with Gasteiger partial charge in [-0.05, 0) is 25.5 Å². The molecule has 1 aromatic carbocycles. The summed E-state index contributed by atoms with van der Waals surface area (Å²) in [7, 11) is 0. The van der Waals surface area contributed by atoms with Gasteiger partial charge in [-0.15, -0.1) is 23.4 Å². The van der Waals surface area contributed by atoms with Crippen LogP contribution in [0.5, 0.6) is 0 Å². The van der Waals surface area contributed by atoms with Crippen molar-refractivity contribution >= 4 is 23.4 Å². The van der Waals surface area contributed by atoms with Crippen LogP contribution in [0.1, 0.15) is 11.1 Å². The number of halogens is 1. The Morgan fingerprint density at radius 1 is 1.29 bits per heavy atom. The predicted molar refractivity (Wildman–Crippen MR) is 66.5 cm³/mol. The van der Waals surface area contributed by atoms with Crippen molar-refractivity contribution in [1.29, 1.82) is 0 Å². The maximum absolute atomic E-state index is 5.54. The molecule has 0 atom stereocenters. The van der Waals surface area contributed by atoms with Crippen LogP contribution in [-0.4, -0.2) is 11.6 Å². The van der Waals surface area contributed by atoms with Gasteiger partial charge in [0.25, 0.3) is 0 Å². The van der Waals surface area contributed by atoms with Crippen molar-refractivity contribution in [1.82, 2.24) is 0 Å². The lowest BCUT2D eigenvalue weighted by Crippen LogP contribution is -1.82. The second kappa shape index (κ2) is 6.15. The lowest BCUT2D eigenvalue weighted by atomic mass is 10.2. The Morgan fingerprint density at radius 3 is 2.71 bits per heavy atom. The van der Waals surface area contributed by atoms with Crippen LogP contribution in [0.4, 0.5) is 0 Å². The number of rotatable bonds is 4. The van der Waals surface area contributed by atoms with Crippen molar-refractivity contribution in [3.63, 3.8) is 0 Å². The Morgan fingerprint density at radius 2 is 2.07 bits per heavy atom. The Labute approximate surface area is 95.4 Å². The van der Waals surface area contributed by atoms with E-state index in [4.69, 9.17) is 11.6 Å². The number of aryl methyl sites for hydroxylation is 2. The van der Waals surface area contributed by atoms with Gasteiger partial charge >= 0.3 is 0 Å². The Bertz CT molecular complexity index is 318. The first-order valence-electron chi connectivity index (χ1n) is 4.65. The molecular weight excluding hydrogens is 212 g/mol. The van der Waals surface area contributed by atoms with Gasteiger partial charge in [0, 0.05) is 16.5 Å². The predicted octanol–water partition coefficient (Wildman–Crippen LogP) is 4.19. The number of thioether (sulfide) groups is 1. The summed E-state index contributed by atoms with van der Waals surface area (Å²) in [6, 6.07) is 6.55. The van der Waals surface area contributed by atoms with E-state index in [-0.39, 0.29) is 0 Å². The summed E-state index contributed by atoms with van der Waals surface area (Å²) in [6.45, 7) is 4.27. The summed E-state index contributed by atoms with van der Waals surface area (Å²) < 4.78 is 0. The van der Waals surface area contributed by atoms with Gasteiger partial charge < -0.3 is 0 Å². The van der Waals surface area contributed by atoms with E-state index in [9.17, 15) is 0 Å². The Kier molecular flexibility index (Phi) is 5.13. The quantitative estimate of drug-likeness (QED) is 0.422. The van der Waals surface area contributed by atoms with E-state index in [2.05, 4.69) is 38.1 Å². The molecule has 0 N–H and O–H groups in total. The molecule has 0 amide bonds. The summed E-state index contributed by atoms with van der Waals surface area (Å²) in [5, 5.41) is 0. The van der Waals surface area contributed by atoms with E-state index >= 15 is 0 Å². The van der Waals surface area contributed by atoms with Crippen molar-refractivity contribution in [2.24, 2.45) is 0 Å². The number of alkyl halides is 1. The lowest BCUT2D eigenvalue weighted by molar-refractivity contribution is 1.26. The average Bonchev–Trinajstić information content (AvgIpc) is 2.15. The second-order valence-corrected chi connectivity index (χ2v) is 4.58. The fourth-order valence-corrected chi connectivity index (χ4v) is 2.22. The third kappa shape index (κ3) is 3.77. The van der Waals surface area contributed by atoms with Crippen LogP contribution in [0.15, 0.2) is 35.2 Å². The third-order valence-corrected chi connectivity index (χ3v) is 3.23. The minimum Gasteiger partial charge on any atom is -0.122 e. The Hall–Kier alpha value is -0.400. The van der Waals surface area contributed by atoms with Gasteiger partial charge in [-0.2, -0.15) is 0 Å². The zero-order valence-corrected chi connectivity index (χ0v) is 10.2. The van der Waals surface area contributed by atoms with E-state index < -0.39 is 0 Å². The number of hydrogen-bond acceptors (Lipinski definition) is 1. The minimum absolute atomic E-state index is 0.605. The highest BCUT2D eigenvalue weighted by Crippen LogP contribution is 2.22. The summed E-state index contributed by atoms with van der Waals surface area (Å²) >= 11 is 7.39. The topological polar surface area (TPSA) is 0 Å². The van der Waals surface area contributed by atoms with Crippen molar-refractivity contribution in [3.8, 4) is 0 Å².